The summed E-state index contributed by atoms with van der Waals surface area (Å²) in [5.41, 5.74) is 19.7. The zero-order valence-electron chi connectivity index (χ0n) is 37.3. The van der Waals surface area contributed by atoms with E-state index in [1.165, 1.54) is 88.3 Å². The molecule has 0 amide bonds. The summed E-state index contributed by atoms with van der Waals surface area (Å²) in [7, 11) is 0. The molecule has 1 aliphatic rings. The Kier molecular flexibility index (Phi) is 9.61. The van der Waals surface area contributed by atoms with Gasteiger partial charge in [-0.15, -0.1) is 0 Å². The van der Waals surface area contributed by atoms with E-state index in [4.69, 9.17) is 9.97 Å². The summed E-state index contributed by atoms with van der Waals surface area (Å²) in [4.78, 5) is 10.2. The fraction of sp³-hybridized carbons (Fsp3) is 0.0312. The van der Waals surface area contributed by atoms with Crippen molar-refractivity contribution in [3.05, 3.63) is 248 Å². The third-order valence-corrected chi connectivity index (χ3v) is 13.7. The maximum absolute atomic E-state index is 5.14. The van der Waals surface area contributed by atoms with Gasteiger partial charge in [-0.2, -0.15) is 0 Å². The Hall–Kier alpha value is -8.86. The smallest absolute Gasteiger partial charge is 0.160 e. The SMILES string of the molecule is C1=C(c2cc(-c3ccccc3)nc(-c3ccccc3)n2)CCC(n2c3ccccc3c3cc(-c4ccc5c(c4)c4ccccc4n5-c4cccc(-c5ccc(-c6ccccc6)cc5)c4)ccc32)=C1. The van der Waals surface area contributed by atoms with Gasteiger partial charge in [-0.3, -0.25) is 0 Å². The van der Waals surface area contributed by atoms with Crippen LogP contribution in [-0.2, 0) is 0 Å². The van der Waals surface area contributed by atoms with Crippen molar-refractivity contribution >= 4 is 54.9 Å². The zero-order valence-corrected chi connectivity index (χ0v) is 37.3. The van der Waals surface area contributed by atoms with Crippen LogP contribution in [0, 0.1) is 0 Å². The van der Waals surface area contributed by atoms with Gasteiger partial charge in [-0.1, -0.05) is 182 Å². The second-order valence-corrected chi connectivity index (χ2v) is 17.7. The van der Waals surface area contributed by atoms with Crippen molar-refractivity contribution in [2.45, 2.75) is 12.8 Å². The van der Waals surface area contributed by atoms with Crippen molar-refractivity contribution in [2.24, 2.45) is 0 Å². The Bertz CT molecular complexity index is 3870. The first-order valence-corrected chi connectivity index (χ1v) is 23.4. The number of aromatic nitrogens is 4. The molecule has 4 heteroatoms. The lowest BCUT2D eigenvalue weighted by Gasteiger charge is -2.18. The number of allylic oxidation sites excluding steroid dienone is 4. The minimum Gasteiger partial charge on any atom is -0.313 e. The maximum atomic E-state index is 5.14. The second kappa shape index (κ2) is 16.5. The fourth-order valence-corrected chi connectivity index (χ4v) is 10.3. The average Bonchev–Trinajstić information content (AvgIpc) is 3.94. The van der Waals surface area contributed by atoms with Crippen LogP contribution < -0.4 is 0 Å². The topological polar surface area (TPSA) is 35.6 Å². The standard InChI is InChI=1S/C64H44N4/c1-4-15-43(16-5-1)44-27-29-45(30-28-44)49-21-14-22-53(39-49)68-61-26-13-11-24-55(61)57-41-51(34-38-63(57)68)50-33-37-62-56(40-50)54-23-10-12-25-60(54)67(62)52-35-31-47(32-36-52)59-42-58(46-17-6-2-7-18-46)65-64(66-59)48-19-8-3-9-20-48/h1-31,33-35,37-42H,32,36H2. The summed E-state index contributed by atoms with van der Waals surface area (Å²) in [5, 5.41) is 4.98. The van der Waals surface area contributed by atoms with Gasteiger partial charge in [0.25, 0.3) is 0 Å². The maximum Gasteiger partial charge on any atom is 0.160 e. The van der Waals surface area contributed by atoms with Crippen LogP contribution in [-0.4, -0.2) is 19.1 Å². The van der Waals surface area contributed by atoms with Gasteiger partial charge in [-0.05, 0) is 112 Å². The van der Waals surface area contributed by atoms with Crippen molar-refractivity contribution in [2.75, 3.05) is 0 Å². The Morgan fingerprint density at radius 3 is 1.40 bits per heavy atom. The van der Waals surface area contributed by atoms with Gasteiger partial charge in [0, 0.05) is 44.1 Å². The van der Waals surface area contributed by atoms with Gasteiger partial charge in [0.1, 0.15) is 0 Å². The van der Waals surface area contributed by atoms with Crippen LogP contribution in [0.15, 0.2) is 243 Å². The van der Waals surface area contributed by atoms with E-state index in [2.05, 4.69) is 228 Å². The van der Waals surface area contributed by atoms with E-state index in [0.717, 1.165) is 46.9 Å². The molecule has 0 saturated heterocycles. The van der Waals surface area contributed by atoms with Crippen LogP contribution in [0.5, 0.6) is 0 Å². The first-order valence-electron chi connectivity index (χ1n) is 23.4. The van der Waals surface area contributed by atoms with Crippen LogP contribution in [0.2, 0.25) is 0 Å². The number of nitrogens with zero attached hydrogens (tertiary/aromatic N) is 4. The van der Waals surface area contributed by atoms with Gasteiger partial charge in [-0.25, -0.2) is 9.97 Å². The quantitative estimate of drug-likeness (QED) is 0.153. The minimum atomic E-state index is 0.743. The lowest BCUT2D eigenvalue weighted by atomic mass is 9.97. The first-order chi connectivity index (χ1) is 33.7. The van der Waals surface area contributed by atoms with Crippen LogP contribution in [0.1, 0.15) is 18.5 Å². The molecule has 1 aliphatic carbocycles. The average molecular weight is 869 g/mol. The van der Waals surface area contributed by atoms with Crippen molar-refractivity contribution in [3.8, 4) is 61.7 Å². The Balaban J connectivity index is 0.860. The predicted molar refractivity (Wildman–Crippen MR) is 284 cm³/mol. The Labute approximate surface area is 395 Å². The number of hydrogen-bond donors (Lipinski definition) is 0. The number of benzene rings is 9. The van der Waals surface area contributed by atoms with E-state index in [1.54, 1.807) is 0 Å². The molecule has 9 aromatic carbocycles. The summed E-state index contributed by atoms with van der Waals surface area (Å²) in [5.74, 6) is 0.743. The molecule has 0 radical (unpaired) electrons. The molecule has 3 aromatic heterocycles. The molecule has 0 atom stereocenters. The fourth-order valence-electron chi connectivity index (χ4n) is 10.3. The summed E-state index contributed by atoms with van der Waals surface area (Å²) in [6.07, 6.45) is 6.32. The van der Waals surface area contributed by atoms with E-state index < -0.39 is 0 Å². The second-order valence-electron chi connectivity index (χ2n) is 17.7. The van der Waals surface area contributed by atoms with Crippen LogP contribution in [0.25, 0.3) is 117 Å². The molecule has 0 aliphatic heterocycles. The highest BCUT2D eigenvalue weighted by molar-refractivity contribution is 6.13. The summed E-state index contributed by atoms with van der Waals surface area (Å²) < 4.78 is 4.88. The molecule has 0 N–H and O–H groups in total. The van der Waals surface area contributed by atoms with Crippen LogP contribution in [0.3, 0.4) is 0 Å². The van der Waals surface area contributed by atoms with Crippen LogP contribution in [0.4, 0.5) is 0 Å². The third kappa shape index (κ3) is 6.94. The summed E-state index contributed by atoms with van der Waals surface area (Å²) in [6, 6.07) is 82.9. The molecule has 12 aromatic rings. The summed E-state index contributed by atoms with van der Waals surface area (Å²) in [6.45, 7) is 0. The zero-order chi connectivity index (χ0) is 45.0. The number of rotatable bonds is 8. The predicted octanol–water partition coefficient (Wildman–Crippen LogP) is 16.7. The number of para-hydroxylation sites is 2. The van der Waals surface area contributed by atoms with E-state index in [-0.39, 0.29) is 0 Å². The van der Waals surface area contributed by atoms with Gasteiger partial charge >= 0.3 is 0 Å². The lowest BCUT2D eigenvalue weighted by molar-refractivity contribution is 0.981. The van der Waals surface area contributed by atoms with E-state index in [0.29, 0.717) is 0 Å². The normalized spacial score (nSPS) is 12.8. The van der Waals surface area contributed by atoms with Crippen molar-refractivity contribution < 1.29 is 0 Å². The molecule has 3 heterocycles. The van der Waals surface area contributed by atoms with Crippen molar-refractivity contribution in [1.29, 1.82) is 0 Å². The molecule has 0 bridgehead atoms. The molecule has 0 spiro atoms. The molecule has 320 valence electrons. The van der Waals surface area contributed by atoms with Gasteiger partial charge < -0.3 is 9.13 Å². The number of fused-ring (bicyclic) bond motifs is 6. The first kappa shape index (κ1) is 39.5. The molecule has 0 unspecified atom stereocenters. The number of hydrogen-bond acceptors (Lipinski definition) is 2. The van der Waals surface area contributed by atoms with Crippen molar-refractivity contribution in [3.63, 3.8) is 0 Å². The highest BCUT2D eigenvalue weighted by atomic mass is 15.0. The highest BCUT2D eigenvalue weighted by Gasteiger charge is 2.20. The van der Waals surface area contributed by atoms with Crippen LogP contribution >= 0.6 is 0 Å². The minimum absolute atomic E-state index is 0.743. The van der Waals surface area contributed by atoms with Gasteiger partial charge in [0.2, 0.25) is 0 Å². The Morgan fingerprint density at radius 2 is 0.765 bits per heavy atom. The van der Waals surface area contributed by atoms with E-state index >= 15 is 0 Å². The molecule has 4 nitrogen and oxygen atoms in total. The van der Waals surface area contributed by atoms with E-state index in [9.17, 15) is 0 Å². The molecular formula is C64H44N4. The van der Waals surface area contributed by atoms with Gasteiger partial charge in [0.15, 0.2) is 5.82 Å². The van der Waals surface area contributed by atoms with Gasteiger partial charge in [0.05, 0.1) is 33.5 Å². The van der Waals surface area contributed by atoms with E-state index in [1.807, 2.05) is 24.3 Å². The lowest BCUT2D eigenvalue weighted by Crippen LogP contribution is -2.03. The largest absolute Gasteiger partial charge is 0.313 e. The molecule has 0 saturated carbocycles. The highest BCUT2D eigenvalue weighted by Crippen LogP contribution is 2.41. The van der Waals surface area contributed by atoms with Crippen molar-refractivity contribution in [1.82, 2.24) is 19.1 Å². The Morgan fingerprint density at radius 1 is 0.294 bits per heavy atom. The molecule has 13 rings (SSSR count). The molecular weight excluding hydrogens is 825 g/mol. The monoisotopic (exact) mass is 868 g/mol. The molecule has 0 fully saturated rings. The molecule has 68 heavy (non-hydrogen) atoms. The third-order valence-electron chi connectivity index (χ3n) is 13.7. The summed E-state index contributed by atoms with van der Waals surface area (Å²) >= 11 is 0.